The lowest BCUT2D eigenvalue weighted by molar-refractivity contribution is 0.104. The highest BCUT2D eigenvalue weighted by Crippen LogP contribution is 2.19. The Morgan fingerprint density at radius 1 is 1.24 bits per heavy atom. The van der Waals surface area contributed by atoms with Gasteiger partial charge in [0.05, 0.1) is 23.8 Å². The van der Waals surface area contributed by atoms with E-state index in [9.17, 15) is 8.42 Å². The minimum absolute atomic E-state index is 0.301. The third-order valence-electron chi connectivity index (χ3n) is 4.17. The van der Waals surface area contributed by atoms with E-state index >= 15 is 0 Å². The Hall–Kier alpha value is -2.03. The summed E-state index contributed by atoms with van der Waals surface area (Å²) in [4.78, 5) is 11.0. The van der Waals surface area contributed by atoms with E-state index in [-0.39, 0.29) is 0 Å². The second-order valence-corrected chi connectivity index (χ2v) is 8.19. The first-order chi connectivity index (χ1) is 12.0. The van der Waals surface area contributed by atoms with Crippen LogP contribution in [0.3, 0.4) is 0 Å². The molecule has 1 fully saturated rings. The Morgan fingerprint density at radius 2 is 2.04 bits per heavy atom. The maximum atomic E-state index is 11.6. The van der Waals surface area contributed by atoms with Crippen LogP contribution < -0.4 is 10.2 Å². The second kappa shape index (κ2) is 7.47. The van der Waals surface area contributed by atoms with E-state index in [1.165, 1.54) is 6.26 Å². The van der Waals surface area contributed by atoms with Gasteiger partial charge in [0.2, 0.25) is 0 Å². The van der Waals surface area contributed by atoms with Gasteiger partial charge in [0.1, 0.15) is 12.1 Å². The first-order valence-electron chi connectivity index (χ1n) is 8.05. The van der Waals surface area contributed by atoms with Crippen molar-refractivity contribution in [1.82, 2.24) is 15.3 Å². The van der Waals surface area contributed by atoms with Gasteiger partial charge >= 0.3 is 0 Å². The molecule has 0 aliphatic carbocycles. The monoisotopic (exact) mass is 362 g/mol. The van der Waals surface area contributed by atoms with Gasteiger partial charge in [0, 0.05) is 31.5 Å². The number of nitrogens with zero attached hydrogens (tertiary/aromatic N) is 3. The number of benzene rings is 1. The Balaban J connectivity index is 1.56. The Morgan fingerprint density at radius 3 is 2.76 bits per heavy atom. The predicted molar refractivity (Wildman–Crippen MR) is 95.1 cm³/mol. The molecule has 0 radical (unpaired) electrons. The lowest BCUT2D eigenvalue weighted by Gasteiger charge is -2.39. The second-order valence-electron chi connectivity index (χ2n) is 6.17. The third-order valence-corrected chi connectivity index (χ3v) is 5.28. The number of hydrogen-bond donors (Lipinski definition) is 1. The third kappa shape index (κ3) is 4.53. The Bertz CT molecular complexity index is 835. The highest BCUT2D eigenvalue weighted by molar-refractivity contribution is 7.90. The number of aromatic nitrogens is 2. The van der Waals surface area contributed by atoms with Gasteiger partial charge in [-0.15, -0.1) is 0 Å². The SMILES string of the molecule is CNC1CN(c2cc(COCc3cccc(S(C)(=O)=O)c3)ncn2)C1. The topological polar surface area (TPSA) is 84.4 Å². The van der Waals surface area contributed by atoms with Crippen molar-refractivity contribution < 1.29 is 13.2 Å². The molecule has 2 heterocycles. The number of sulfone groups is 1. The van der Waals surface area contributed by atoms with Crippen molar-refractivity contribution in [2.24, 2.45) is 0 Å². The van der Waals surface area contributed by atoms with Crippen molar-refractivity contribution in [1.29, 1.82) is 0 Å². The molecule has 1 N–H and O–H groups in total. The summed E-state index contributed by atoms with van der Waals surface area (Å²) in [7, 11) is -1.25. The summed E-state index contributed by atoms with van der Waals surface area (Å²) in [5.74, 6) is 0.902. The number of likely N-dealkylation sites (N-methyl/N-ethyl adjacent to an activating group) is 1. The molecule has 1 aromatic heterocycles. The van der Waals surface area contributed by atoms with Gasteiger partial charge in [-0.2, -0.15) is 0 Å². The standard InChI is InChI=1S/C17H22N4O3S/c1-18-15-8-21(9-15)17-7-14(19-12-20-17)11-24-10-13-4-3-5-16(6-13)25(2,22)23/h3-7,12,15,18H,8-11H2,1-2H3. The van der Waals surface area contributed by atoms with E-state index in [2.05, 4.69) is 20.2 Å². The van der Waals surface area contributed by atoms with Crippen LogP contribution in [0.25, 0.3) is 0 Å². The van der Waals surface area contributed by atoms with Crippen molar-refractivity contribution in [3.8, 4) is 0 Å². The molecule has 0 amide bonds. The van der Waals surface area contributed by atoms with Gasteiger partial charge in [0.25, 0.3) is 0 Å². The molecule has 7 nitrogen and oxygen atoms in total. The summed E-state index contributed by atoms with van der Waals surface area (Å²) >= 11 is 0. The molecule has 2 aromatic rings. The molecular formula is C17H22N4O3S. The number of rotatable bonds is 7. The lowest BCUT2D eigenvalue weighted by atomic mass is 10.1. The molecule has 1 aliphatic rings. The van der Waals surface area contributed by atoms with Crippen molar-refractivity contribution >= 4 is 15.7 Å². The molecule has 0 spiro atoms. The highest BCUT2D eigenvalue weighted by atomic mass is 32.2. The Kier molecular flexibility index (Phi) is 5.31. The van der Waals surface area contributed by atoms with Crippen molar-refractivity contribution in [3.05, 3.63) is 47.9 Å². The van der Waals surface area contributed by atoms with E-state index in [1.807, 2.05) is 19.2 Å². The molecule has 1 aliphatic heterocycles. The van der Waals surface area contributed by atoms with E-state index in [0.29, 0.717) is 24.2 Å². The van der Waals surface area contributed by atoms with Crippen LogP contribution in [0, 0.1) is 0 Å². The molecule has 1 aromatic carbocycles. The van der Waals surface area contributed by atoms with Gasteiger partial charge in [-0.1, -0.05) is 12.1 Å². The van der Waals surface area contributed by atoms with Gasteiger partial charge in [-0.3, -0.25) is 0 Å². The van der Waals surface area contributed by atoms with Crippen LogP contribution in [0.4, 0.5) is 5.82 Å². The molecule has 25 heavy (non-hydrogen) atoms. The molecule has 0 saturated carbocycles. The van der Waals surface area contributed by atoms with Crippen LogP contribution in [-0.4, -0.2) is 50.8 Å². The highest BCUT2D eigenvalue weighted by Gasteiger charge is 2.26. The van der Waals surface area contributed by atoms with E-state index in [1.54, 1.807) is 24.5 Å². The number of nitrogens with one attached hydrogen (secondary N) is 1. The zero-order valence-electron chi connectivity index (χ0n) is 14.3. The van der Waals surface area contributed by atoms with Gasteiger partial charge in [0.15, 0.2) is 9.84 Å². The Labute approximate surface area is 148 Å². The zero-order valence-corrected chi connectivity index (χ0v) is 15.2. The van der Waals surface area contributed by atoms with E-state index in [4.69, 9.17) is 4.74 Å². The fourth-order valence-electron chi connectivity index (χ4n) is 2.63. The summed E-state index contributed by atoms with van der Waals surface area (Å²) in [6.07, 6.45) is 2.74. The van der Waals surface area contributed by atoms with Crippen molar-refractivity contribution in [2.45, 2.75) is 24.2 Å². The summed E-state index contributed by atoms with van der Waals surface area (Å²) in [6.45, 7) is 2.55. The number of anilines is 1. The average molecular weight is 362 g/mol. The van der Waals surface area contributed by atoms with Crippen LogP contribution in [0.1, 0.15) is 11.3 Å². The fourth-order valence-corrected chi connectivity index (χ4v) is 3.32. The maximum absolute atomic E-state index is 11.6. The van der Waals surface area contributed by atoms with E-state index in [0.717, 1.165) is 30.2 Å². The van der Waals surface area contributed by atoms with Crippen LogP contribution in [0.5, 0.6) is 0 Å². The first kappa shape index (κ1) is 17.8. The molecule has 0 atom stereocenters. The molecular weight excluding hydrogens is 340 g/mol. The lowest BCUT2D eigenvalue weighted by Crippen LogP contribution is -2.57. The zero-order chi connectivity index (χ0) is 17.9. The smallest absolute Gasteiger partial charge is 0.175 e. The quantitative estimate of drug-likeness (QED) is 0.787. The van der Waals surface area contributed by atoms with Crippen molar-refractivity contribution in [2.75, 3.05) is 31.3 Å². The first-order valence-corrected chi connectivity index (χ1v) is 9.95. The van der Waals surface area contributed by atoms with Crippen LogP contribution >= 0.6 is 0 Å². The molecule has 134 valence electrons. The average Bonchev–Trinajstić information content (AvgIpc) is 2.54. The van der Waals surface area contributed by atoms with Gasteiger partial charge in [-0.25, -0.2) is 18.4 Å². The summed E-state index contributed by atoms with van der Waals surface area (Å²) in [5.41, 5.74) is 1.62. The summed E-state index contributed by atoms with van der Waals surface area (Å²) in [6, 6.07) is 9.23. The number of ether oxygens (including phenoxy) is 1. The maximum Gasteiger partial charge on any atom is 0.175 e. The molecule has 3 rings (SSSR count). The molecule has 0 bridgehead atoms. The minimum atomic E-state index is -3.21. The molecule has 0 unspecified atom stereocenters. The minimum Gasteiger partial charge on any atom is -0.370 e. The predicted octanol–water partition coefficient (Wildman–Crippen LogP) is 1.00. The van der Waals surface area contributed by atoms with Crippen LogP contribution in [-0.2, 0) is 27.8 Å². The summed E-state index contributed by atoms with van der Waals surface area (Å²) in [5, 5.41) is 3.23. The van der Waals surface area contributed by atoms with E-state index < -0.39 is 9.84 Å². The largest absolute Gasteiger partial charge is 0.370 e. The van der Waals surface area contributed by atoms with Crippen LogP contribution in [0.2, 0.25) is 0 Å². The summed E-state index contributed by atoms with van der Waals surface area (Å²) < 4.78 is 28.9. The van der Waals surface area contributed by atoms with Gasteiger partial charge in [-0.05, 0) is 24.7 Å². The van der Waals surface area contributed by atoms with Crippen LogP contribution in [0.15, 0.2) is 41.6 Å². The molecule has 8 heteroatoms. The fraction of sp³-hybridized carbons (Fsp3) is 0.412. The van der Waals surface area contributed by atoms with Gasteiger partial charge < -0.3 is 15.0 Å². The normalized spacial score (nSPS) is 15.2. The van der Waals surface area contributed by atoms with Crippen molar-refractivity contribution in [3.63, 3.8) is 0 Å². The number of hydrogen-bond acceptors (Lipinski definition) is 7. The molecule has 1 saturated heterocycles.